The molecule has 1 aromatic heterocycles. The fraction of sp³-hybridized carbons (Fsp3) is 0.130. The third-order valence-corrected chi connectivity index (χ3v) is 4.88. The predicted octanol–water partition coefficient (Wildman–Crippen LogP) is 7.59. The van der Waals surface area contributed by atoms with Crippen molar-refractivity contribution >= 4 is 27.1 Å². The van der Waals surface area contributed by atoms with Crippen LogP contribution in [0.25, 0.3) is 22.5 Å². The highest BCUT2D eigenvalue weighted by Gasteiger charge is 2.23. The number of benzene rings is 1. The van der Waals surface area contributed by atoms with Crippen LogP contribution in [-0.2, 0) is 0 Å². The number of hydrogen-bond acceptors (Lipinski definition) is 1. The van der Waals surface area contributed by atoms with Crippen LogP contribution in [0.15, 0.2) is 88.3 Å². The van der Waals surface area contributed by atoms with Gasteiger partial charge in [-0.1, -0.05) is 79.4 Å². The molecular formula is C23H21BrO. The standard InChI is InChI=1S/C23H21BrO/c1-3-5-12-17(4-2)20-21(24)23(19-15-10-7-11-16-19)25-22(20)18-13-8-6-9-14-18/h3-5,7-8,10-16H,2,6,9H2,1H3/b5-3-,17-12+. The summed E-state index contributed by atoms with van der Waals surface area (Å²) < 4.78 is 7.32. The van der Waals surface area contributed by atoms with Crippen LogP contribution in [-0.4, -0.2) is 0 Å². The SMILES string of the molecule is C=C/C(=C\C=C/C)c1c(C2=CCCC=C2)oc(-c2ccccc2)c1Br. The van der Waals surface area contributed by atoms with Crippen molar-refractivity contribution in [2.24, 2.45) is 0 Å². The zero-order valence-corrected chi connectivity index (χ0v) is 15.9. The molecule has 0 aliphatic heterocycles. The maximum absolute atomic E-state index is 6.35. The third-order valence-electron chi connectivity index (χ3n) is 4.12. The highest BCUT2D eigenvalue weighted by Crippen LogP contribution is 2.43. The summed E-state index contributed by atoms with van der Waals surface area (Å²) in [6, 6.07) is 10.2. The van der Waals surface area contributed by atoms with Crippen molar-refractivity contribution in [1.82, 2.24) is 0 Å². The minimum atomic E-state index is 0.846. The summed E-state index contributed by atoms with van der Waals surface area (Å²) in [5.74, 6) is 1.73. The van der Waals surface area contributed by atoms with Gasteiger partial charge in [0, 0.05) is 16.7 Å². The topological polar surface area (TPSA) is 13.1 Å². The van der Waals surface area contributed by atoms with E-state index in [0.29, 0.717) is 0 Å². The molecule has 0 fully saturated rings. The van der Waals surface area contributed by atoms with Crippen LogP contribution in [0.4, 0.5) is 0 Å². The van der Waals surface area contributed by atoms with Gasteiger partial charge in [0.2, 0.25) is 0 Å². The second kappa shape index (κ2) is 8.17. The smallest absolute Gasteiger partial charge is 0.149 e. The fourth-order valence-electron chi connectivity index (χ4n) is 2.88. The zero-order chi connectivity index (χ0) is 17.6. The Labute approximate surface area is 157 Å². The number of rotatable bonds is 5. The maximum atomic E-state index is 6.35. The average molecular weight is 393 g/mol. The molecule has 3 rings (SSSR count). The molecule has 2 heteroatoms. The van der Waals surface area contributed by atoms with Gasteiger partial charge in [-0.25, -0.2) is 0 Å². The molecule has 0 amide bonds. The Balaban J connectivity index is 2.23. The van der Waals surface area contributed by atoms with Crippen molar-refractivity contribution < 1.29 is 4.42 Å². The van der Waals surface area contributed by atoms with Gasteiger partial charge in [-0.05, 0) is 41.3 Å². The first-order valence-electron chi connectivity index (χ1n) is 8.46. The molecule has 0 spiro atoms. The van der Waals surface area contributed by atoms with Crippen molar-refractivity contribution in [3.63, 3.8) is 0 Å². The van der Waals surface area contributed by atoms with Crippen molar-refractivity contribution in [3.05, 3.63) is 95.2 Å². The quantitative estimate of drug-likeness (QED) is 0.477. The molecule has 0 unspecified atom stereocenters. The molecule has 0 bridgehead atoms. The fourth-order valence-corrected chi connectivity index (χ4v) is 3.60. The Morgan fingerprint density at radius 2 is 1.96 bits per heavy atom. The Morgan fingerprint density at radius 3 is 2.60 bits per heavy atom. The number of allylic oxidation sites excluding steroid dienone is 9. The lowest BCUT2D eigenvalue weighted by molar-refractivity contribution is 0.566. The Kier molecular flexibility index (Phi) is 5.72. The molecule has 0 radical (unpaired) electrons. The van der Waals surface area contributed by atoms with Crippen LogP contribution in [0.5, 0.6) is 0 Å². The molecule has 126 valence electrons. The number of halogens is 1. The molecule has 0 saturated heterocycles. The monoisotopic (exact) mass is 392 g/mol. The first-order valence-corrected chi connectivity index (χ1v) is 9.26. The summed E-state index contributed by atoms with van der Waals surface area (Å²) in [4.78, 5) is 0. The zero-order valence-electron chi connectivity index (χ0n) is 14.3. The van der Waals surface area contributed by atoms with E-state index in [1.807, 2.05) is 43.4 Å². The molecule has 1 aliphatic carbocycles. The molecular weight excluding hydrogens is 372 g/mol. The van der Waals surface area contributed by atoms with Gasteiger partial charge < -0.3 is 4.42 Å². The van der Waals surface area contributed by atoms with Gasteiger partial charge in [-0.15, -0.1) is 0 Å². The van der Waals surface area contributed by atoms with E-state index in [-0.39, 0.29) is 0 Å². The number of furan rings is 1. The summed E-state index contributed by atoms with van der Waals surface area (Å²) in [5.41, 5.74) is 4.25. The van der Waals surface area contributed by atoms with E-state index in [1.54, 1.807) is 0 Å². The van der Waals surface area contributed by atoms with E-state index < -0.39 is 0 Å². The summed E-state index contributed by atoms with van der Waals surface area (Å²) in [7, 11) is 0. The van der Waals surface area contributed by atoms with Crippen LogP contribution >= 0.6 is 15.9 Å². The first kappa shape index (κ1) is 17.5. The van der Waals surface area contributed by atoms with E-state index in [1.165, 1.54) is 0 Å². The molecule has 1 heterocycles. The minimum Gasteiger partial charge on any atom is -0.454 e. The van der Waals surface area contributed by atoms with E-state index in [9.17, 15) is 0 Å². The summed E-state index contributed by atoms with van der Waals surface area (Å²) in [5, 5.41) is 0. The van der Waals surface area contributed by atoms with Crippen molar-refractivity contribution in [1.29, 1.82) is 0 Å². The molecule has 0 atom stereocenters. The lowest BCUT2D eigenvalue weighted by Gasteiger charge is -2.08. The highest BCUT2D eigenvalue weighted by atomic mass is 79.9. The average Bonchev–Trinajstić information content (AvgIpc) is 3.01. The third kappa shape index (κ3) is 3.69. The van der Waals surface area contributed by atoms with Crippen molar-refractivity contribution in [2.75, 3.05) is 0 Å². The Bertz CT molecular complexity index is 876. The highest BCUT2D eigenvalue weighted by molar-refractivity contribution is 9.10. The molecule has 1 aliphatic rings. The van der Waals surface area contributed by atoms with E-state index >= 15 is 0 Å². The molecule has 2 aromatic rings. The normalized spacial score (nSPS) is 14.8. The van der Waals surface area contributed by atoms with Crippen LogP contribution in [0.1, 0.15) is 31.1 Å². The molecule has 0 saturated carbocycles. The van der Waals surface area contributed by atoms with Crippen LogP contribution in [0.2, 0.25) is 0 Å². The van der Waals surface area contributed by atoms with Gasteiger partial charge in [0.15, 0.2) is 0 Å². The summed E-state index contributed by atoms with van der Waals surface area (Å²) >= 11 is 3.78. The van der Waals surface area contributed by atoms with Gasteiger partial charge in [0.1, 0.15) is 11.5 Å². The molecule has 1 nitrogen and oxygen atoms in total. The van der Waals surface area contributed by atoms with E-state index in [4.69, 9.17) is 4.42 Å². The van der Waals surface area contributed by atoms with E-state index in [2.05, 4.69) is 58.9 Å². The lowest BCUT2D eigenvalue weighted by Crippen LogP contribution is -1.89. The van der Waals surface area contributed by atoms with Crippen LogP contribution in [0.3, 0.4) is 0 Å². The van der Waals surface area contributed by atoms with Gasteiger partial charge in [-0.3, -0.25) is 0 Å². The Hall–Kier alpha value is -2.32. The molecule has 1 aromatic carbocycles. The Morgan fingerprint density at radius 1 is 1.16 bits per heavy atom. The minimum absolute atomic E-state index is 0.846. The predicted molar refractivity (Wildman–Crippen MR) is 111 cm³/mol. The van der Waals surface area contributed by atoms with E-state index in [0.717, 1.165) is 51.1 Å². The number of hydrogen-bond donors (Lipinski definition) is 0. The van der Waals surface area contributed by atoms with Gasteiger partial charge in [0.25, 0.3) is 0 Å². The lowest BCUT2D eigenvalue weighted by atomic mass is 9.97. The summed E-state index contributed by atoms with van der Waals surface area (Å²) in [6.07, 6.45) is 16.7. The van der Waals surface area contributed by atoms with Gasteiger partial charge in [-0.2, -0.15) is 0 Å². The van der Waals surface area contributed by atoms with Gasteiger partial charge in [0.05, 0.1) is 4.47 Å². The second-order valence-electron chi connectivity index (χ2n) is 5.81. The maximum Gasteiger partial charge on any atom is 0.149 e. The van der Waals surface area contributed by atoms with Gasteiger partial charge >= 0.3 is 0 Å². The molecule has 0 N–H and O–H groups in total. The largest absolute Gasteiger partial charge is 0.454 e. The van der Waals surface area contributed by atoms with Crippen molar-refractivity contribution in [3.8, 4) is 11.3 Å². The summed E-state index contributed by atoms with van der Waals surface area (Å²) in [6.45, 7) is 6.00. The van der Waals surface area contributed by atoms with Crippen LogP contribution < -0.4 is 0 Å². The molecule has 25 heavy (non-hydrogen) atoms. The van der Waals surface area contributed by atoms with Crippen molar-refractivity contribution in [2.45, 2.75) is 19.8 Å². The first-order chi connectivity index (χ1) is 12.3. The second-order valence-corrected chi connectivity index (χ2v) is 6.60. The van der Waals surface area contributed by atoms with Crippen LogP contribution in [0, 0.1) is 0 Å².